The van der Waals surface area contributed by atoms with E-state index in [2.05, 4.69) is 56.8 Å². The fraction of sp³-hybridized carbons (Fsp3) is 0.167. The minimum absolute atomic E-state index is 0.653. The molecule has 1 heterocycles. The van der Waals surface area contributed by atoms with Gasteiger partial charge in [-0.15, -0.1) is 17.9 Å². The van der Waals surface area contributed by atoms with Gasteiger partial charge in [0.1, 0.15) is 0 Å². The van der Waals surface area contributed by atoms with E-state index in [-0.39, 0.29) is 0 Å². The van der Waals surface area contributed by atoms with Crippen LogP contribution in [-0.4, -0.2) is 6.54 Å². The zero-order valence-electron chi connectivity index (χ0n) is 11.8. The largest absolute Gasteiger partial charge is 0.280 e. The highest BCUT2D eigenvalue weighted by Crippen LogP contribution is 2.28. The molecule has 3 aromatic rings. The summed E-state index contributed by atoms with van der Waals surface area (Å²) in [5.74, 6) is 0. The van der Waals surface area contributed by atoms with E-state index >= 15 is 0 Å². The molecule has 0 aliphatic heterocycles. The number of aryl methyl sites for hydroxylation is 2. The Morgan fingerprint density at radius 2 is 1.90 bits per heavy atom. The first-order valence-electron chi connectivity index (χ1n) is 6.75. The molecule has 0 unspecified atom stereocenters. The van der Waals surface area contributed by atoms with E-state index in [0.29, 0.717) is 6.54 Å². The molecule has 0 atom stereocenters. The zero-order chi connectivity index (χ0) is 14.1. The molecule has 2 aromatic carbocycles. The second-order valence-corrected chi connectivity index (χ2v) is 6.01. The lowest BCUT2D eigenvalue weighted by atomic mass is 10.1. The predicted molar refractivity (Wildman–Crippen MR) is 89.4 cm³/mol. The monoisotopic (exact) mass is 279 g/mol. The molecule has 0 saturated heterocycles. The molecule has 1 aromatic heterocycles. The standard InChI is InChI=1S/C18H17NS/c1-4-11-19-17-14-7-5-6-8-16(14)20-18-13(3)12(2)9-10-15(17)18/h4-10H,1,11H2,2-3H3. The molecule has 2 heteroatoms. The second kappa shape index (κ2) is 5.22. The van der Waals surface area contributed by atoms with Crippen LogP contribution in [0.2, 0.25) is 0 Å². The van der Waals surface area contributed by atoms with Gasteiger partial charge in [-0.1, -0.05) is 36.4 Å². The van der Waals surface area contributed by atoms with Crippen molar-refractivity contribution >= 4 is 31.5 Å². The van der Waals surface area contributed by atoms with Crippen molar-refractivity contribution in [2.24, 2.45) is 4.99 Å². The van der Waals surface area contributed by atoms with Crippen LogP contribution < -0.4 is 5.36 Å². The number of fused-ring (bicyclic) bond motifs is 2. The maximum atomic E-state index is 4.74. The van der Waals surface area contributed by atoms with E-state index in [9.17, 15) is 0 Å². The maximum Gasteiger partial charge on any atom is 0.0751 e. The fourth-order valence-corrected chi connectivity index (χ4v) is 3.67. The normalized spacial score (nSPS) is 12.2. The Bertz CT molecular complexity index is 872. The zero-order valence-corrected chi connectivity index (χ0v) is 12.6. The van der Waals surface area contributed by atoms with Crippen molar-refractivity contribution in [2.45, 2.75) is 13.8 Å². The van der Waals surface area contributed by atoms with E-state index in [4.69, 9.17) is 4.99 Å². The van der Waals surface area contributed by atoms with E-state index in [1.165, 1.54) is 31.3 Å². The van der Waals surface area contributed by atoms with Gasteiger partial charge in [0.15, 0.2) is 0 Å². The van der Waals surface area contributed by atoms with Crippen LogP contribution in [0.5, 0.6) is 0 Å². The molecule has 0 aliphatic rings. The predicted octanol–water partition coefficient (Wildman–Crippen LogP) is 4.76. The summed E-state index contributed by atoms with van der Waals surface area (Å²) < 4.78 is 2.63. The lowest BCUT2D eigenvalue weighted by Gasteiger charge is -2.08. The third kappa shape index (κ3) is 2.06. The number of nitrogens with zero attached hydrogens (tertiary/aromatic N) is 1. The molecule has 1 nitrogen and oxygen atoms in total. The Morgan fingerprint density at radius 1 is 1.10 bits per heavy atom. The van der Waals surface area contributed by atoms with Gasteiger partial charge in [-0.05, 0) is 31.0 Å². The quantitative estimate of drug-likeness (QED) is 0.474. The van der Waals surface area contributed by atoms with Gasteiger partial charge in [-0.2, -0.15) is 0 Å². The second-order valence-electron chi connectivity index (χ2n) is 4.96. The third-order valence-electron chi connectivity index (χ3n) is 3.66. The number of hydrogen-bond donors (Lipinski definition) is 0. The lowest BCUT2D eigenvalue weighted by molar-refractivity contribution is 1.18. The summed E-state index contributed by atoms with van der Waals surface area (Å²) in [6.07, 6.45) is 1.85. The van der Waals surface area contributed by atoms with Gasteiger partial charge >= 0.3 is 0 Å². The van der Waals surface area contributed by atoms with Gasteiger partial charge in [0.2, 0.25) is 0 Å². The van der Waals surface area contributed by atoms with Crippen LogP contribution in [0.25, 0.3) is 20.2 Å². The highest BCUT2D eigenvalue weighted by molar-refractivity contribution is 7.24. The minimum atomic E-state index is 0.653. The van der Waals surface area contributed by atoms with Crippen molar-refractivity contribution in [3.8, 4) is 0 Å². The summed E-state index contributed by atoms with van der Waals surface area (Å²) in [5, 5.41) is 3.58. The molecule has 0 N–H and O–H groups in total. The molecular formula is C18H17NS. The Kier molecular flexibility index (Phi) is 3.41. The summed E-state index contributed by atoms with van der Waals surface area (Å²) in [6, 6.07) is 12.9. The van der Waals surface area contributed by atoms with Crippen molar-refractivity contribution in [3.63, 3.8) is 0 Å². The van der Waals surface area contributed by atoms with Crippen LogP contribution in [0.1, 0.15) is 11.1 Å². The van der Waals surface area contributed by atoms with E-state index in [0.717, 1.165) is 5.36 Å². The fourth-order valence-electron chi connectivity index (χ4n) is 2.44. The number of rotatable bonds is 2. The van der Waals surface area contributed by atoms with Gasteiger partial charge in [0, 0.05) is 20.2 Å². The van der Waals surface area contributed by atoms with Crippen molar-refractivity contribution in [1.82, 2.24) is 0 Å². The van der Waals surface area contributed by atoms with Crippen LogP contribution in [0.3, 0.4) is 0 Å². The van der Waals surface area contributed by atoms with Gasteiger partial charge in [0.05, 0.1) is 11.9 Å². The van der Waals surface area contributed by atoms with E-state index < -0.39 is 0 Å². The molecule has 0 fully saturated rings. The molecule has 20 heavy (non-hydrogen) atoms. The lowest BCUT2D eigenvalue weighted by Crippen LogP contribution is -2.06. The first-order chi connectivity index (χ1) is 9.72. The molecular weight excluding hydrogens is 262 g/mol. The molecule has 3 rings (SSSR count). The highest BCUT2D eigenvalue weighted by atomic mass is 32.1. The number of hydrogen-bond acceptors (Lipinski definition) is 2. The molecule has 0 aliphatic carbocycles. The van der Waals surface area contributed by atoms with Crippen LogP contribution in [0.15, 0.2) is 54.0 Å². The SMILES string of the molecule is C=CCN=c1c2ccccc2sc2c(C)c(C)ccc12. The van der Waals surface area contributed by atoms with Crippen molar-refractivity contribution < 1.29 is 0 Å². The molecule has 100 valence electrons. The van der Waals surface area contributed by atoms with E-state index in [1.54, 1.807) is 0 Å². The van der Waals surface area contributed by atoms with Crippen molar-refractivity contribution in [2.75, 3.05) is 6.54 Å². The minimum Gasteiger partial charge on any atom is -0.280 e. The first-order valence-corrected chi connectivity index (χ1v) is 7.57. The smallest absolute Gasteiger partial charge is 0.0751 e. The van der Waals surface area contributed by atoms with Crippen molar-refractivity contribution in [1.29, 1.82) is 0 Å². The van der Waals surface area contributed by atoms with Crippen LogP contribution >= 0.6 is 11.3 Å². The first kappa shape index (κ1) is 13.1. The Labute approximate surface area is 122 Å². The highest BCUT2D eigenvalue weighted by Gasteiger charge is 2.07. The molecule has 0 bridgehead atoms. The Balaban J connectivity index is 2.57. The summed E-state index contributed by atoms with van der Waals surface area (Å²) in [4.78, 5) is 4.74. The van der Waals surface area contributed by atoms with Gasteiger partial charge in [-0.3, -0.25) is 4.99 Å². The van der Waals surface area contributed by atoms with Gasteiger partial charge < -0.3 is 0 Å². The molecule has 0 saturated carbocycles. The summed E-state index contributed by atoms with van der Waals surface area (Å²) in [7, 11) is 0. The maximum absolute atomic E-state index is 4.74. The summed E-state index contributed by atoms with van der Waals surface area (Å²) in [5.41, 5.74) is 2.69. The Hall–Kier alpha value is -1.93. The number of benzene rings is 2. The molecule has 0 amide bonds. The summed E-state index contributed by atoms with van der Waals surface area (Å²) in [6.45, 7) is 8.79. The third-order valence-corrected chi connectivity index (χ3v) is 4.97. The van der Waals surface area contributed by atoms with E-state index in [1.807, 2.05) is 17.4 Å². The van der Waals surface area contributed by atoms with Crippen LogP contribution in [0.4, 0.5) is 0 Å². The average Bonchev–Trinajstić information content (AvgIpc) is 2.48. The Morgan fingerprint density at radius 3 is 2.70 bits per heavy atom. The summed E-state index contributed by atoms with van der Waals surface area (Å²) >= 11 is 1.85. The topological polar surface area (TPSA) is 12.4 Å². The average molecular weight is 279 g/mol. The molecule has 0 radical (unpaired) electrons. The van der Waals surface area contributed by atoms with Gasteiger partial charge in [-0.25, -0.2) is 0 Å². The van der Waals surface area contributed by atoms with Crippen molar-refractivity contribution in [3.05, 3.63) is 65.5 Å². The van der Waals surface area contributed by atoms with Gasteiger partial charge in [0.25, 0.3) is 0 Å². The van der Waals surface area contributed by atoms with Crippen LogP contribution in [-0.2, 0) is 0 Å². The van der Waals surface area contributed by atoms with Crippen LogP contribution in [0, 0.1) is 13.8 Å². The molecule has 0 spiro atoms.